The highest BCUT2D eigenvalue weighted by atomic mass is 16.1. The zero-order chi connectivity index (χ0) is 20.4. The van der Waals surface area contributed by atoms with Gasteiger partial charge in [0.05, 0.1) is 23.1 Å². The summed E-state index contributed by atoms with van der Waals surface area (Å²) in [5.41, 5.74) is 9.18. The molecule has 2 aromatic heterocycles. The Bertz CT molecular complexity index is 877. The normalized spacial score (nSPS) is 24.4. The number of fused-ring (bicyclic) bond motifs is 1. The number of hydrogen-bond donors (Lipinski definition) is 2. The smallest absolute Gasteiger partial charge is 0.222 e. The number of nitrogens with zero attached hydrogens (tertiary/aromatic N) is 3. The molecule has 2 atom stereocenters. The summed E-state index contributed by atoms with van der Waals surface area (Å²) >= 11 is 0. The zero-order valence-corrected chi connectivity index (χ0v) is 17.7. The second-order valence-electron chi connectivity index (χ2n) is 9.24. The summed E-state index contributed by atoms with van der Waals surface area (Å²) in [7, 11) is 0. The number of pyridine rings is 2. The van der Waals surface area contributed by atoms with Gasteiger partial charge < -0.3 is 16.0 Å². The summed E-state index contributed by atoms with van der Waals surface area (Å²) in [6.07, 6.45) is 10.6. The molecule has 3 N–H and O–H groups in total. The van der Waals surface area contributed by atoms with Crippen molar-refractivity contribution in [2.45, 2.75) is 70.4 Å². The molecule has 2 aromatic rings. The molecule has 6 nitrogen and oxygen atoms in total. The average molecular weight is 396 g/mol. The lowest BCUT2D eigenvalue weighted by molar-refractivity contribution is -0.123. The first-order valence-electron chi connectivity index (χ1n) is 11.0. The molecular formula is C23H33N5O. The van der Waals surface area contributed by atoms with E-state index in [1.807, 2.05) is 25.4 Å². The fourth-order valence-electron chi connectivity index (χ4n) is 5.12. The largest absolute Gasteiger partial charge is 0.367 e. The van der Waals surface area contributed by atoms with Crippen molar-refractivity contribution in [2.75, 3.05) is 18.0 Å². The van der Waals surface area contributed by atoms with Crippen molar-refractivity contribution >= 4 is 22.5 Å². The minimum absolute atomic E-state index is 0.0991. The van der Waals surface area contributed by atoms with Crippen LogP contribution < -0.4 is 16.0 Å². The minimum atomic E-state index is -0.314. The van der Waals surface area contributed by atoms with Crippen molar-refractivity contribution in [3.8, 4) is 0 Å². The predicted molar refractivity (Wildman–Crippen MR) is 117 cm³/mol. The molecule has 1 saturated carbocycles. The molecular weight excluding hydrogens is 362 g/mol. The summed E-state index contributed by atoms with van der Waals surface area (Å²) < 4.78 is 0. The molecule has 1 aliphatic carbocycles. The van der Waals surface area contributed by atoms with Crippen LogP contribution in [0.1, 0.15) is 57.6 Å². The lowest BCUT2D eigenvalue weighted by Gasteiger charge is -2.39. The maximum atomic E-state index is 12.8. The highest BCUT2D eigenvalue weighted by Gasteiger charge is 2.32. The maximum Gasteiger partial charge on any atom is 0.222 e. The number of carbonyl (C=O) groups excluding carboxylic acids is 1. The van der Waals surface area contributed by atoms with Gasteiger partial charge in [0, 0.05) is 42.7 Å². The molecule has 0 bridgehead atoms. The van der Waals surface area contributed by atoms with Crippen molar-refractivity contribution in [3.05, 3.63) is 30.2 Å². The number of nitrogens with one attached hydrogen (secondary N) is 1. The van der Waals surface area contributed by atoms with Gasteiger partial charge in [0.2, 0.25) is 5.91 Å². The SMILES string of the molecule is Cc1ncc(N2C[C@@H](C)C[C@@H](NC(=O)CC3(N)CCCCC3)C2)c2cccnc12. The van der Waals surface area contributed by atoms with Gasteiger partial charge in [0.1, 0.15) is 0 Å². The van der Waals surface area contributed by atoms with E-state index >= 15 is 0 Å². The van der Waals surface area contributed by atoms with Crippen molar-refractivity contribution in [2.24, 2.45) is 11.7 Å². The topological polar surface area (TPSA) is 84.1 Å². The van der Waals surface area contributed by atoms with Crippen molar-refractivity contribution in [1.82, 2.24) is 15.3 Å². The first-order chi connectivity index (χ1) is 13.9. The number of piperidine rings is 1. The van der Waals surface area contributed by atoms with Crippen molar-refractivity contribution in [1.29, 1.82) is 0 Å². The van der Waals surface area contributed by atoms with Gasteiger partial charge in [-0.25, -0.2) is 0 Å². The van der Waals surface area contributed by atoms with E-state index in [2.05, 4.69) is 33.2 Å². The Hall–Kier alpha value is -2.21. The molecule has 0 aromatic carbocycles. The summed E-state index contributed by atoms with van der Waals surface area (Å²) in [5.74, 6) is 0.589. The molecule has 0 unspecified atom stereocenters. The molecule has 6 heteroatoms. The third kappa shape index (κ3) is 4.53. The van der Waals surface area contributed by atoms with Crippen molar-refractivity contribution in [3.63, 3.8) is 0 Å². The first-order valence-corrected chi connectivity index (χ1v) is 11.0. The predicted octanol–water partition coefficient (Wildman–Crippen LogP) is 3.32. The van der Waals surface area contributed by atoms with Gasteiger partial charge in [-0.2, -0.15) is 0 Å². The Kier molecular flexibility index (Phi) is 5.72. The molecule has 1 amide bonds. The van der Waals surface area contributed by atoms with Gasteiger partial charge in [0.15, 0.2) is 0 Å². The van der Waals surface area contributed by atoms with E-state index < -0.39 is 0 Å². The Morgan fingerprint density at radius 2 is 2.07 bits per heavy atom. The number of amides is 1. The van der Waals surface area contributed by atoms with E-state index in [0.717, 1.165) is 67.5 Å². The Labute approximate surface area is 173 Å². The average Bonchev–Trinajstić information content (AvgIpc) is 2.68. The highest BCUT2D eigenvalue weighted by molar-refractivity contribution is 5.92. The van der Waals surface area contributed by atoms with Crippen molar-refractivity contribution < 1.29 is 4.79 Å². The Morgan fingerprint density at radius 3 is 2.86 bits per heavy atom. The van der Waals surface area contributed by atoms with Crippen LogP contribution >= 0.6 is 0 Å². The second kappa shape index (κ2) is 8.27. The minimum Gasteiger partial charge on any atom is -0.367 e. The van der Waals surface area contributed by atoms with E-state index in [1.54, 1.807) is 0 Å². The molecule has 2 aliphatic rings. The molecule has 3 heterocycles. The van der Waals surface area contributed by atoms with E-state index in [-0.39, 0.29) is 17.5 Å². The number of hydrogen-bond acceptors (Lipinski definition) is 5. The monoisotopic (exact) mass is 395 g/mol. The molecule has 0 spiro atoms. The van der Waals surface area contributed by atoms with Gasteiger partial charge in [0.25, 0.3) is 0 Å². The third-order valence-electron chi connectivity index (χ3n) is 6.53. The lowest BCUT2D eigenvalue weighted by Crippen LogP contribution is -2.53. The summed E-state index contributed by atoms with van der Waals surface area (Å²) in [5, 5.41) is 4.41. The third-order valence-corrected chi connectivity index (χ3v) is 6.53. The maximum absolute atomic E-state index is 12.8. The zero-order valence-electron chi connectivity index (χ0n) is 17.7. The van der Waals surface area contributed by atoms with Gasteiger partial charge in [-0.15, -0.1) is 0 Å². The molecule has 0 radical (unpaired) electrons. The molecule has 156 valence electrons. The summed E-state index contributed by atoms with van der Waals surface area (Å²) in [6, 6.07) is 4.22. The summed E-state index contributed by atoms with van der Waals surface area (Å²) in [4.78, 5) is 24.2. The summed E-state index contributed by atoms with van der Waals surface area (Å²) in [6.45, 7) is 6.00. The fourth-order valence-corrected chi connectivity index (χ4v) is 5.12. The van der Waals surface area contributed by atoms with Crippen LogP contribution in [0.15, 0.2) is 24.5 Å². The van der Waals surface area contributed by atoms with Gasteiger partial charge in [-0.3, -0.25) is 14.8 Å². The van der Waals surface area contributed by atoms with Crippen LogP contribution in [0.25, 0.3) is 10.9 Å². The molecule has 2 fully saturated rings. The molecule has 1 saturated heterocycles. The fraction of sp³-hybridized carbons (Fsp3) is 0.609. The van der Waals surface area contributed by atoms with Crippen LogP contribution in [0, 0.1) is 12.8 Å². The number of aryl methyl sites for hydroxylation is 1. The van der Waals surface area contributed by atoms with Crippen LogP contribution in [0.4, 0.5) is 5.69 Å². The van der Waals surface area contributed by atoms with Gasteiger partial charge in [-0.05, 0) is 44.2 Å². The van der Waals surface area contributed by atoms with Gasteiger partial charge in [-0.1, -0.05) is 26.2 Å². The molecule has 29 heavy (non-hydrogen) atoms. The van der Waals surface area contributed by atoms with E-state index in [1.165, 1.54) is 6.42 Å². The van der Waals surface area contributed by atoms with Crippen LogP contribution in [0.2, 0.25) is 0 Å². The Balaban J connectivity index is 1.47. The Morgan fingerprint density at radius 1 is 1.28 bits per heavy atom. The number of carbonyl (C=O) groups is 1. The number of rotatable bonds is 4. The molecule has 4 rings (SSSR count). The first kappa shape index (κ1) is 20.1. The second-order valence-corrected chi connectivity index (χ2v) is 9.24. The van der Waals surface area contributed by atoms with Crippen LogP contribution in [0.3, 0.4) is 0 Å². The number of nitrogens with two attached hydrogens (primary N) is 1. The van der Waals surface area contributed by atoms with Gasteiger partial charge >= 0.3 is 0 Å². The number of aromatic nitrogens is 2. The van der Waals surface area contributed by atoms with E-state index in [4.69, 9.17) is 5.73 Å². The van der Waals surface area contributed by atoms with Crippen LogP contribution in [-0.4, -0.2) is 40.5 Å². The van der Waals surface area contributed by atoms with Crippen LogP contribution in [0.5, 0.6) is 0 Å². The quantitative estimate of drug-likeness (QED) is 0.830. The van der Waals surface area contributed by atoms with E-state index in [0.29, 0.717) is 12.3 Å². The molecule has 1 aliphatic heterocycles. The lowest BCUT2D eigenvalue weighted by atomic mass is 9.80. The van der Waals surface area contributed by atoms with E-state index in [9.17, 15) is 4.79 Å². The van der Waals surface area contributed by atoms with Crippen LogP contribution in [-0.2, 0) is 4.79 Å². The standard InChI is InChI=1S/C23H33N5O/c1-16-11-18(27-21(29)12-23(24)8-4-3-5-9-23)15-28(14-16)20-13-26-17(2)22-19(20)7-6-10-25-22/h6-7,10,13,16,18H,3-5,8-9,11-12,14-15,24H2,1-2H3,(H,27,29)/t16-,18+/m0/s1. The number of anilines is 1. The highest BCUT2D eigenvalue weighted by Crippen LogP contribution is 2.31.